The van der Waals surface area contributed by atoms with E-state index in [-0.39, 0.29) is 11.4 Å². The molecule has 0 aromatic heterocycles. The molecule has 1 saturated heterocycles. The molecule has 0 radical (unpaired) electrons. The predicted octanol–water partition coefficient (Wildman–Crippen LogP) is 3.40. The second-order valence-electron chi connectivity index (χ2n) is 6.61. The van der Waals surface area contributed by atoms with Gasteiger partial charge in [-0.3, -0.25) is 9.59 Å². The molecule has 1 fully saturated rings. The first-order chi connectivity index (χ1) is 14.3. The lowest BCUT2D eigenvalue weighted by Gasteiger charge is -2.22. The van der Waals surface area contributed by atoms with Gasteiger partial charge in [-0.2, -0.15) is 4.31 Å². The molecular weight excluding hydrogens is 448 g/mol. The van der Waals surface area contributed by atoms with Gasteiger partial charge in [-0.15, -0.1) is 11.8 Å². The van der Waals surface area contributed by atoms with Crippen LogP contribution in [0, 0.1) is 0 Å². The molecule has 1 N–H and O–H groups in total. The lowest BCUT2D eigenvalue weighted by Crippen LogP contribution is -2.42. The zero-order valence-corrected chi connectivity index (χ0v) is 18.6. The third kappa shape index (κ3) is 5.34. The Kier molecular flexibility index (Phi) is 7.41. The number of ether oxygens (including phenoxy) is 1. The van der Waals surface area contributed by atoms with E-state index in [2.05, 4.69) is 5.32 Å². The van der Waals surface area contributed by atoms with Gasteiger partial charge in [0.05, 0.1) is 4.90 Å². The number of thioether (sulfide) groups is 1. The minimum Gasteiger partial charge on any atom is -0.454 e. The van der Waals surface area contributed by atoms with Gasteiger partial charge in [0.25, 0.3) is 5.91 Å². The number of anilines is 1. The van der Waals surface area contributed by atoms with E-state index < -0.39 is 34.5 Å². The van der Waals surface area contributed by atoms with Crippen LogP contribution in [0.25, 0.3) is 0 Å². The number of carbonyl (C=O) groups excluding carboxylic acids is 2. The third-order valence-electron chi connectivity index (χ3n) is 4.62. The summed E-state index contributed by atoms with van der Waals surface area (Å²) in [5.41, 5.74) is 0.585. The van der Waals surface area contributed by atoms with Crippen LogP contribution in [0.4, 0.5) is 5.69 Å². The van der Waals surface area contributed by atoms with Crippen LogP contribution in [0.5, 0.6) is 0 Å². The van der Waals surface area contributed by atoms with Crippen LogP contribution in [-0.2, 0) is 24.3 Å². The summed E-state index contributed by atoms with van der Waals surface area (Å²) in [7, 11) is -3.87. The summed E-state index contributed by atoms with van der Waals surface area (Å²) in [5, 5.41) is 3.06. The average Bonchev–Trinajstić information content (AvgIpc) is 3.24. The summed E-state index contributed by atoms with van der Waals surface area (Å²) in [6.07, 6.45) is 2.82. The lowest BCUT2D eigenvalue weighted by molar-refractivity contribution is -0.150. The molecule has 0 spiro atoms. The summed E-state index contributed by atoms with van der Waals surface area (Å²) in [6, 6.07) is 12.0. The van der Waals surface area contributed by atoms with Crippen molar-refractivity contribution in [3.63, 3.8) is 0 Å². The summed E-state index contributed by atoms with van der Waals surface area (Å²) < 4.78 is 32.0. The van der Waals surface area contributed by atoms with E-state index in [0.717, 1.165) is 9.20 Å². The molecule has 0 saturated carbocycles. The van der Waals surface area contributed by atoms with Gasteiger partial charge in [-0.25, -0.2) is 8.42 Å². The minimum atomic E-state index is -3.87. The number of hydrogen-bond donors (Lipinski definition) is 1. The molecule has 7 nitrogen and oxygen atoms in total. The molecule has 0 unspecified atom stereocenters. The molecule has 2 aromatic rings. The molecule has 10 heteroatoms. The number of rotatable bonds is 7. The first kappa shape index (κ1) is 22.6. The van der Waals surface area contributed by atoms with E-state index in [1.54, 1.807) is 23.9 Å². The highest BCUT2D eigenvalue weighted by Gasteiger charge is 2.40. The van der Waals surface area contributed by atoms with Gasteiger partial charge >= 0.3 is 5.97 Å². The fourth-order valence-electron chi connectivity index (χ4n) is 3.11. The van der Waals surface area contributed by atoms with E-state index in [9.17, 15) is 18.0 Å². The molecule has 0 aliphatic carbocycles. The zero-order chi connectivity index (χ0) is 21.7. The Morgan fingerprint density at radius 2 is 1.83 bits per heavy atom. The predicted molar refractivity (Wildman–Crippen MR) is 116 cm³/mol. The van der Waals surface area contributed by atoms with Crippen molar-refractivity contribution in [1.82, 2.24) is 4.31 Å². The van der Waals surface area contributed by atoms with Gasteiger partial charge in [0.2, 0.25) is 10.0 Å². The van der Waals surface area contributed by atoms with Crippen molar-refractivity contribution in [2.75, 3.05) is 24.7 Å². The quantitative estimate of drug-likeness (QED) is 0.494. The van der Waals surface area contributed by atoms with Crippen molar-refractivity contribution >= 4 is 50.9 Å². The van der Waals surface area contributed by atoms with Crippen molar-refractivity contribution in [3.05, 3.63) is 53.6 Å². The number of nitrogens with zero attached hydrogens (tertiary/aromatic N) is 1. The maximum atomic E-state index is 12.9. The van der Waals surface area contributed by atoms with E-state index in [0.29, 0.717) is 23.6 Å². The van der Waals surface area contributed by atoms with Crippen LogP contribution < -0.4 is 5.32 Å². The lowest BCUT2D eigenvalue weighted by atomic mass is 10.2. The largest absolute Gasteiger partial charge is 0.454 e. The van der Waals surface area contributed by atoms with E-state index in [1.165, 1.54) is 24.3 Å². The van der Waals surface area contributed by atoms with Crippen LogP contribution in [0.3, 0.4) is 0 Å². The second-order valence-corrected chi connectivity index (χ2v) is 9.82. The van der Waals surface area contributed by atoms with Gasteiger partial charge in [0, 0.05) is 22.2 Å². The summed E-state index contributed by atoms with van der Waals surface area (Å²) in [5.74, 6) is -1.23. The van der Waals surface area contributed by atoms with Gasteiger partial charge < -0.3 is 10.1 Å². The Labute approximate surface area is 184 Å². The highest BCUT2D eigenvalue weighted by molar-refractivity contribution is 7.98. The van der Waals surface area contributed by atoms with Crippen LogP contribution in [0.1, 0.15) is 12.8 Å². The van der Waals surface area contributed by atoms with E-state index >= 15 is 0 Å². The number of esters is 1. The van der Waals surface area contributed by atoms with Gasteiger partial charge in [0.1, 0.15) is 6.04 Å². The monoisotopic (exact) mass is 468 g/mol. The van der Waals surface area contributed by atoms with Crippen molar-refractivity contribution < 1.29 is 22.7 Å². The van der Waals surface area contributed by atoms with Crippen LogP contribution in [0.15, 0.2) is 58.3 Å². The Balaban J connectivity index is 1.60. The van der Waals surface area contributed by atoms with Crippen LogP contribution >= 0.6 is 23.4 Å². The molecule has 30 heavy (non-hydrogen) atoms. The number of halogens is 1. The van der Waals surface area contributed by atoms with Crippen molar-refractivity contribution in [1.29, 1.82) is 0 Å². The SMILES string of the molecule is CSc1ccc(NC(=O)COC(=O)[C@@H]2CCCN2S(=O)(=O)c2ccc(Cl)cc2)cc1. The normalized spacial score (nSPS) is 16.9. The Morgan fingerprint density at radius 3 is 2.47 bits per heavy atom. The highest BCUT2D eigenvalue weighted by atomic mass is 35.5. The Morgan fingerprint density at radius 1 is 1.17 bits per heavy atom. The average molecular weight is 469 g/mol. The second kappa shape index (κ2) is 9.82. The molecule has 1 aliphatic rings. The third-order valence-corrected chi connectivity index (χ3v) is 7.53. The highest BCUT2D eigenvalue weighted by Crippen LogP contribution is 2.27. The number of amides is 1. The van der Waals surface area contributed by atoms with Gasteiger partial charge in [-0.05, 0) is 67.6 Å². The molecule has 3 rings (SSSR count). The minimum absolute atomic E-state index is 0.0537. The summed E-state index contributed by atoms with van der Waals surface area (Å²) in [4.78, 5) is 25.7. The number of carbonyl (C=O) groups is 2. The summed E-state index contributed by atoms with van der Waals surface area (Å²) in [6.45, 7) is -0.285. The van der Waals surface area contributed by atoms with E-state index in [1.807, 2.05) is 18.4 Å². The van der Waals surface area contributed by atoms with Gasteiger partial charge in [-0.1, -0.05) is 11.6 Å². The van der Waals surface area contributed by atoms with Gasteiger partial charge in [0.15, 0.2) is 6.61 Å². The molecule has 2 aromatic carbocycles. The van der Waals surface area contributed by atoms with Crippen molar-refractivity contribution in [2.24, 2.45) is 0 Å². The van der Waals surface area contributed by atoms with Crippen LogP contribution in [-0.4, -0.2) is 50.0 Å². The van der Waals surface area contributed by atoms with E-state index in [4.69, 9.17) is 16.3 Å². The van der Waals surface area contributed by atoms with Crippen LogP contribution in [0.2, 0.25) is 5.02 Å². The van der Waals surface area contributed by atoms with Crippen molar-refractivity contribution in [2.45, 2.75) is 28.7 Å². The molecule has 0 bridgehead atoms. The molecule has 160 valence electrons. The number of benzene rings is 2. The molecule has 1 amide bonds. The maximum Gasteiger partial charge on any atom is 0.324 e. The maximum absolute atomic E-state index is 12.9. The fraction of sp³-hybridized carbons (Fsp3) is 0.300. The zero-order valence-electron chi connectivity index (χ0n) is 16.2. The Hall–Kier alpha value is -2.07. The topological polar surface area (TPSA) is 92.8 Å². The summed E-state index contributed by atoms with van der Waals surface area (Å²) >= 11 is 7.41. The first-order valence-electron chi connectivity index (χ1n) is 9.19. The number of hydrogen-bond acceptors (Lipinski definition) is 6. The fourth-order valence-corrected chi connectivity index (χ4v) is 5.29. The molecule has 1 aliphatic heterocycles. The number of nitrogens with one attached hydrogen (secondary N) is 1. The first-order valence-corrected chi connectivity index (χ1v) is 12.2. The number of sulfonamides is 1. The van der Waals surface area contributed by atoms with Crippen molar-refractivity contribution in [3.8, 4) is 0 Å². The standard InChI is InChI=1S/C20H21ClN2O5S2/c1-29-16-8-6-15(7-9-16)22-19(24)13-28-20(25)18-3-2-12-23(18)30(26,27)17-10-4-14(21)5-11-17/h4-11,18H,2-3,12-13H2,1H3,(H,22,24)/t18-/m0/s1. The molecular formula is C20H21ClN2O5S2. The Bertz CT molecular complexity index is 1010. The molecule has 1 heterocycles. The smallest absolute Gasteiger partial charge is 0.324 e. The molecule has 1 atom stereocenters.